The van der Waals surface area contributed by atoms with Crippen LogP contribution in [0.15, 0.2) is 42.5 Å². The van der Waals surface area contributed by atoms with E-state index >= 15 is 0 Å². The van der Waals surface area contributed by atoms with Gasteiger partial charge < -0.3 is 20.1 Å². The first kappa shape index (κ1) is 14.6. The Morgan fingerprint density at radius 2 is 2.00 bits per heavy atom. The summed E-state index contributed by atoms with van der Waals surface area (Å²) in [7, 11) is 0. The fourth-order valence-electron chi connectivity index (χ4n) is 2.84. The summed E-state index contributed by atoms with van der Waals surface area (Å²) < 4.78 is 11.2. The SMILES string of the molecule is C[C@H]1Oc2ccc(NC(=O)[C@H]3Cc4ccccc4O3)cc2NC1=O. The fourth-order valence-corrected chi connectivity index (χ4v) is 2.84. The molecule has 2 aromatic rings. The second kappa shape index (κ2) is 5.56. The van der Waals surface area contributed by atoms with Crippen molar-refractivity contribution in [1.82, 2.24) is 0 Å². The zero-order valence-electron chi connectivity index (χ0n) is 13.0. The Kier molecular flexibility index (Phi) is 3.37. The molecule has 0 aromatic heterocycles. The highest BCUT2D eigenvalue weighted by Crippen LogP contribution is 2.33. The quantitative estimate of drug-likeness (QED) is 0.889. The van der Waals surface area contributed by atoms with E-state index in [0.717, 1.165) is 11.3 Å². The molecule has 2 heterocycles. The van der Waals surface area contributed by atoms with E-state index < -0.39 is 12.2 Å². The molecule has 2 aliphatic heterocycles. The van der Waals surface area contributed by atoms with E-state index in [1.165, 1.54) is 0 Å². The highest BCUT2D eigenvalue weighted by atomic mass is 16.5. The molecule has 2 aliphatic rings. The van der Waals surface area contributed by atoms with Crippen LogP contribution in [0.5, 0.6) is 11.5 Å². The average Bonchev–Trinajstić information content (AvgIpc) is 3.00. The molecule has 2 aromatic carbocycles. The molecule has 4 rings (SSSR count). The van der Waals surface area contributed by atoms with E-state index in [1.54, 1.807) is 25.1 Å². The monoisotopic (exact) mass is 324 g/mol. The van der Waals surface area contributed by atoms with E-state index in [-0.39, 0.29) is 11.8 Å². The Hall–Kier alpha value is -3.02. The fraction of sp³-hybridized carbons (Fsp3) is 0.222. The van der Waals surface area contributed by atoms with Crippen molar-refractivity contribution in [3.63, 3.8) is 0 Å². The first-order chi connectivity index (χ1) is 11.6. The third-order valence-corrected chi connectivity index (χ3v) is 4.12. The lowest BCUT2D eigenvalue weighted by molar-refractivity contribution is -0.123. The lowest BCUT2D eigenvalue weighted by atomic mass is 10.1. The van der Waals surface area contributed by atoms with Crippen LogP contribution in [-0.2, 0) is 16.0 Å². The highest BCUT2D eigenvalue weighted by Gasteiger charge is 2.29. The summed E-state index contributed by atoms with van der Waals surface area (Å²) in [6.45, 7) is 1.68. The van der Waals surface area contributed by atoms with Crippen LogP contribution in [0.3, 0.4) is 0 Å². The first-order valence-corrected chi connectivity index (χ1v) is 7.77. The number of carbonyl (C=O) groups excluding carboxylic acids is 2. The van der Waals surface area contributed by atoms with Crippen molar-refractivity contribution < 1.29 is 19.1 Å². The van der Waals surface area contributed by atoms with Crippen molar-refractivity contribution in [2.75, 3.05) is 10.6 Å². The predicted octanol–water partition coefficient (Wildman–Crippen LogP) is 2.35. The molecule has 24 heavy (non-hydrogen) atoms. The molecule has 122 valence electrons. The van der Waals surface area contributed by atoms with Gasteiger partial charge in [-0.3, -0.25) is 9.59 Å². The number of benzene rings is 2. The van der Waals surface area contributed by atoms with Crippen LogP contribution in [0.1, 0.15) is 12.5 Å². The molecular formula is C18H16N2O4. The number of carbonyl (C=O) groups is 2. The number of nitrogens with one attached hydrogen (secondary N) is 2. The van der Waals surface area contributed by atoms with Crippen molar-refractivity contribution >= 4 is 23.2 Å². The highest BCUT2D eigenvalue weighted by molar-refractivity contribution is 6.00. The van der Waals surface area contributed by atoms with E-state index in [0.29, 0.717) is 23.5 Å². The third kappa shape index (κ3) is 2.56. The van der Waals surface area contributed by atoms with Crippen LogP contribution < -0.4 is 20.1 Å². The molecule has 6 heteroatoms. The van der Waals surface area contributed by atoms with Crippen molar-refractivity contribution in [2.45, 2.75) is 25.6 Å². The third-order valence-electron chi connectivity index (χ3n) is 4.12. The van der Waals surface area contributed by atoms with E-state index in [2.05, 4.69) is 10.6 Å². The number of anilines is 2. The smallest absolute Gasteiger partial charge is 0.265 e. The molecular weight excluding hydrogens is 308 g/mol. The van der Waals surface area contributed by atoms with E-state index in [1.807, 2.05) is 24.3 Å². The Labute approximate surface area is 138 Å². The maximum absolute atomic E-state index is 12.4. The van der Waals surface area contributed by atoms with Gasteiger partial charge in [-0.25, -0.2) is 0 Å². The van der Waals surface area contributed by atoms with Crippen molar-refractivity contribution in [3.8, 4) is 11.5 Å². The van der Waals surface area contributed by atoms with Gasteiger partial charge in [-0.05, 0) is 36.8 Å². The van der Waals surface area contributed by atoms with Crippen LogP contribution in [0, 0.1) is 0 Å². The molecule has 2 N–H and O–H groups in total. The first-order valence-electron chi connectivity index (χ1n) is 7.77. The Morgan fingerprint density at radius 3 is 2.83 bits per heavy atom. The summed E-state index contributed by atoms with van der Waals surface area (Å²) in [6.07, 6.45) is -0.530. The van der Waals surface area contributed by atoms with Crippen LogP contribution in [0.25, 0.3) is 0 Å². The van der Waals surface area contributed by atoms with Crippen molar-refractivity contribution in [1.29, 1.82) is 0 Å². The molecule has 2 atom stereocenters. The maximum atomic E-state index is 12.4. The number of hydrogen-bond acceptors (Lipinski definition) is 4. The van der Waals surface area contributed by atoms with Crippen LogP contribution >= 0.6 is 0 Å². The number of hydrogen-bond donors (Lipinski definition) is 2. The second-order valence-electron chi connectivity index (χ2n) is 5.87. The molecule has 2 amide bonds. The number of rotatable bonds is 2. The standard InChI is InChI=1S/C18H16N2O4/c1-10-17(21)20-13-9-12(6-7-15(13)23-10)19-18(22)16-8-11-4-2-3-5-14(11)24-16/h2-7,9-10,16H,8H2,1H3,(H,19,22)(H,20,21)/t10-,16-/m1/s1. The van der Waals surface area contributed by atoms with Crippen molar-refractivity contribution in [2.24, 2.45) is 0 Å². The van der Waals surface area contributed by atoms with Crippen molar-refractivity contribution in [3.05, 3.63) is 48.0 Å². The minimum atomic E-state index is -0.552. The summed E-state index contributed by atoms with van der Waals surface area (Å²) in [5.41, 5.74) is 2.15. The normalized spacial score (nSPS) is 21.0. The molecule has 0 fully saturated rings. The topological polar surface area (TPSA) is 76.7 Å². The van der Waals surface area contributed by atoms with Gasteiger partial charge in [0.1, 0.15) is 11.5 Å². The number of fused-ring (bicyclic) bond motifs is 2. The molecule has 0 unspecified atom stereocenters. The number of ether oxygens (including phenoxy) is 2. The van der Waals surface area contributed by atoms with Gasteiger partial charge in [0, 0.05) is 12.1 Å². The Balaban J connectivity index is 1.48. The second-order valence-corrected chi connectivity index (χ2v) is 5.87. The van der Waals surface area contributed by atoms with Crippen LogP contribution in [0.2, 0.25) is 0 Å². The van der Waals surface area contributed by atoms with Gasteiger partial charge in [-0.15, -0.1) is 0 Å². The van der Waals surface area contributed by atoms with Crippen LogP contribution in [-0.4, -0.2) is 24.0 Å². The van der Waals surface area contributed by atoms with Gasteiger partial charge in [-0.2, -0.15) is 0 Å². The van der Waals surface area contributed by atoms with Gasteiger partial charge in [0.25, 0.3) is 11.8 Å². The molecule has 0 aliphatic carbocycles. The summed E-state index contributed by atoms with van der Waals surface area (Å²) >= 11 is 0. The summed E-state index contributed by atoms with van der Waals surface area (Å²) in [4.78, 5) is 24.1. The lowest BCUT2D eigenvalue weighted by Crippen LogP contribution is -2.34. The van der Waals surface area contributed by atoms with E-state index in [4.69, 9.17) is 9.47 Å². The zero-order valence-corrected chi connectivity index (χ0v) is 13.0. The molecule has 0 bridgehead atoms. The summed E-state index contributed by atoms with van der Waals surface area (Å²) in [5, 5.41) is 5.58. The minimum Gasteiger partial charge on any atom is -0.480 e. The van der Waals surface area contributed by atoms with Gasteiger partial charge in [0.2, 0.25) is 0 Å². The number of para-hydroxylation sites is 1. The molecule has 0 saturated heterocycles. The van der Waals surface area contributed by atoms with Gasteiger partial charge >= 0.3 is 0 Å². The van der Waals surface area contributed by atoms with E-state index in [9.17, 15) is 9.59 Å². The summed E-state index contributed by atoms with van der Waals surface area (Å²) in [6, 6.07) is 12.8. The molecule has 0 radical (unpaired) electrons. The zero-order chi connectivity index (χ0) is 16.7. The molecule has 6 nitrogen and oxygen atoms in total. The number of amides is 2. The van der Waals surface area contributed by atoms with Crippen LogP contribution in [0.4, 0.5) is 11.4 Å². The lowest BCUT2D eigenvalue weighted by Gasteiger charge is -2.23. The minimum absolute atomic E-state index is 0.208. The largest absolute Gasteiger partial charge is 0.480 e. The van der Waals surface area contributed by atoms with Gasteiger partial charge in [0.05, 0.1) is 5.69 Å². The molecule has 0 saturated carbocycles. The predicted molar refractivity (Wildman–Crippen MR) is 88.4 cm³/mol. The summed E-state index contributed by atoms with van der Waals surface area (Å²) in [5.74, 6) is 0.908. The maximum Gasteiger partial charge on any atom is 0.265 e. The van der Waals surface area contributed by atoms with Gasteiger partial charge in [0.15, 0.2) is 12.2 Å². The Morgan fingerprint density at radius 1 is 1.17 bits per heavy atom. The Bertz CT molecular complexity index is 809. The van der Waals surface area contributed by atoms with Gasteiger partial charge in [-0.1, -0.05) is 18.2 Å². The molecule has 0 spiro atoms. The average molecular weight is 324 g/mol.